The summed E-state index contributed by atoms with van der Waals surface area (Å²) in [6.45, 7) is 4.75. The number of halogens is 2. The van der Waals surface area contributed by atoms with Crippen molar-refractivity contribution in [3.8, 4) is 5.75 Å². The molecule has 0 amide bonds. The van der Waals surface area contributed by atoms with Gasteiger partial charge in [0.15, 0.2) is 11.6 Å². The molecule has 3 heteroatoms. The van der Waals surface area contributed by atoms with Crippen LogP contribution in [0, 0.1) is 17.6 Å². The van der Waals surface area contributed by atoms with Crippen LogP contribution in [0.1, 0.15) is 76.7 Å². The quantitative estimate of drug-likeness (QED) is 0.543. The van der Waals surface area contributed by atoms with Crippen LogP contribution in [-0.2, 0) is 0 Å². The maximum Gasteiger partial charge on any atom is 0.200 e. The largest absolute Gasteiger partial charge is 0.490 e. The first-order valence-corrected chi connectivity index (χ1v) is 8.78. The maximum atomic E-state index is 14.3. The Kier molecular flexibility index (Phi) is 6.66. The fraction of sp³-hybridized carbons (Fsp3) is 0.684. The molecule has 1 aromatic carbocycles. The monoisotopic (exact) mass is 310 g/mol. The van der Waals surface area contributed by atoms with E-state index in [-0.39, 0.29) is 11.7 Å². The number of rotatable bonds is 7. The van der Waals surface area contributed by atoms with E-state index in [1.54, 1.807) is 12.1 Å². The zero-order valence-corrected chi connectivity index (χ0v) is 13.8. The second-order valence-electron chi connectivity index (χ2n) is 6.46. The average Bonchev–Trinajstić information content (AvgIpc) is 2.55. The van der Waals surface area contributed by atoms with Crippen molar-refractivity contribution in [2.24, 2.45) is 5.92 Å². The number of hydrogen-bond acceptors (Lipinski definition) is 1. The lowest BCUT2D eigenvalue weighted by Crippen LogP contribution is -2.14. The van der Waals surface area contributed by atoms with Crippen LogP contribution in [0.4, 0.5) is 8.78 Å². The fourth-order valence-electron chi connectivity index (χ4n) is 3.39. The average molecular weight is 310 g/mol. The first kappa shape index (κ1) is 17.2. The Morgan fingerprint density at radius 1 is 1.00 bits per heavy atom. The number of ether oxygens (including phenoxy) is 1. The Balaban J connectivity index is 2.00. The van der Waals surface area contributed by atoms with Gasteiger partial charge in [0.05, 0.1) is 6.61 Å². The third-order valence-electron chi connectivity index (χ3n) is 4.95. The van der Waals surface area contributed by atoms with Gasteiger partial charge < -0.3 is 4.74 Å². The molecule has 1 saturated carbocycles. The molecule has 0 N–H and O–H groups in total. The SMILES string of the molecule is CCCCCOc1ccc(C2CCC(CC)CC2)c(F)c1F. The van der Waals surface area contributed by atoms with Gasteiger partial charge in [-0.3, -0.25) is 0 Å². The molecule has 0 radical (unpaired) electrons. The highest BCUT2D eigenvalue weighted by Crippen LogP contribution is 2.39. The third kappa shape index (κ3) is 4.21. The van der Waals surface area contributed by atoms with E-state index >= 15 is 0 Å². The Morgan fingerprint density at radius 2 is 1.73 bits per heavy atom. The molecular formula is C19H28F2O. The van der Waals surface area contributed by atoms with Crippen LogP contribution in [-0.4, -0.2) is 6.61 Å². The van der Waals surface area contributed by atoms with Crippen molar-refractivity contribution in [2.45, 2.75) is 71.1 Å². The lowest BCUT2D eigenvalue weighted by atomic mass is 9.77. The molecular weight excluding hydrogens is 282 g/mol. The van der Waals surface area contributed by atoms with Crippen LogP contribution in [0.3, 0.4) is 0 Å². The van der Waals surface area contributed by atoms with E-state index in [0.29, 0.717) is 12.2 Å². The van der Waals surface area contributed by atoms with E-state index in [2.05, 4.69) is 13.8 Å². The van der Waals surface area contributed by atoms with Gasteiger partial charge in [0.2, 0.25) is 5.82 Å². The van der Waals surface area contributed by atoms with E-state index < -0.39 is 11.6 Å². The van der Waals surface area contributed by atoms with Gasteiger partial charge in [0.1, 0.15) is 0 Å². The normalized spacial score (nSPS) is 21.8. The summed E-state index contributed by atoms with van der Waals surface area (Å²) in [5.74, 6) is -0.545. The predicted molar refractivity (Wildman–Crippen MR) is 86.4 cm³/mol. The molecule has 1 aliphatic rings. The van der Waals surface area contributed by atoms with Crippen LogP contribution in [0.2, 0.25) is 0 Å². The molecule has 1 fully saturated rings. The van der Waals surface area contributed by atoms with Gasteiger partial charge in [-0.1, -0.05) is 39.2 Å². The molecule has 22 heavy (non-hydrogen) atoms. The van der Waals surface area contributed by atoms with Gasteiger partial charge in [0.25, 0.3) is 0 Å². The summed E-state index contributed by atoms with van der Waals surface area (Å²) in [5.41, 5.74) is 0.535. The minimum Gasteiger partial charge on any atom is -0.490 e. The molecule has 0 bridgehead atoms. The summed E-state index contributed by atoms with van der Waals surface area (Å²) in [5, 5.41) is 0. The molecule has 0 unspecified atom stereocenters. The lowest BCUT2D eigenvalue weighted by molar-refractivity contribution is 0.282. The van der Waals surface area contributed by atoms with E-state index in [4.69, 9.17) is 4.74 Å². The van der Waals surface area contributed by atoms with Crippen molar-refractivity contribution in [1.29, 1.82) is 0 Å². The van der Waals surface area contributed by atoms with Crippen LogP contribution >= 0.6 is 0 Å². The van der Waals surface area contributed by atoms with Gasteiger partial charge in [0, 0.05) is 0 Å². The van der Waals surface area contributed by atoms with Crippen molar-refractivity contribution in [2.75, 3.05) is 6.61 Å². The van der Waals surface area contributed by atoms with Gasteiger partial charge >= 0.3 is 0 Å². The summed E-state index contributed by atoms with van der Waals surface area (Å²) in [7, 11) is 0. The van der Waals surface area contributed by atoms with Crippen molar-refractivity contribution in [3.63, 3.8) is 0 Å². The zero-order chi connectivity index (χ0) is 15.9. The van der Waals surface area contributed by atoms with E-state index in [0.717, 1.165) is 50.9 Å². The molecule has 1 nitrogen and oxygen atoms in total. The first-order valence-electron chi connectivity index (χ1n) is 8.78. The van der Waals surface area contributed by atoms with Gasteiger partial charge in [-0.2, -0.15) is 4.39 Å². The predicted octanol–water partition coefficient (Wildman–Crippen LogP) is 6.22. The number of benzene rings is 1. The molecule has 0 aromatic heterocycles. The Morgan fingerprint density at radius 3 is 2.36 bits per heavy atom. The van der Waals surface area contributed by atoms with Crippen LogP contribution < -0.4 is 4.74 Å². The van der Waals surface area contributed by atoms with Crippen LogP contribution in [0.25, 0.3) is 0 Å². The van der Waals surface area contributed by atoms with Gasteiger partial charge in [-0.15, -0.1) is 0 Å². The minimum atomic E-state index is -0.813. The Hall–Kier alpha value is -1.12. The molecule has 0 heterocycles. The molecule has 2 rings (SSSR count). The lowest BCUT2D eigenvalue weighted by Gasteiger charge is -2.28. The molecule has 0 atom stereocenters. The number of hydrogen-bond donors (Lipinski definition) is 0. The van der Waals surface area contributed by atoms with Gasteiger partial charge in [-0.05, 0) is 55.6 Å². The van der Waals surface area contributed by atoms with Crippen LogP contribution in [0.15, 0.2) is 12.1 Å². The Bertz CT molecular complexity index is 465. The van der Waals surface area contributed by atoms with E-state index in [1.807, 2.05) is 0 Å². The topological polar surface area (TPSA) is 9.23 Å². The second-order valence-corrected chi connectivity index (χ2v) is 6.46. The highest BCUT2D eigenvalue weighted by atomic mass is 19.2. The molecule has 1 aromatic rings. The molecule has 0 saturated heterocycles. The zero-order valence-electron chi connectivity index (χ0n) is 13.8. The third-order valence-corrected chi connectivity index (χ3v) is 4.95. The summed E-state index contributed by atoms with van der Waals surface area (Å²) in [6, 6.07) is 3.33. The highest BCUT2D eigenvalue weighted by molar-refractivity contribution is 5.33. The summed E-state index contributed by atoms with van der Waals surface area (Å²) in [6.07, 6.45) is 8.36. The molecule has 0 spiro atoms. The maximum absolute atomic E-state index is 14.3. The van der Waals surface area contributed by atoms with Crippen molar-refractivity contribution in [3.05, 3.63) is 29.3 Å². The van der Waals surface area contributed by atoms with Crippen molar-refractivity contribution in [1.82, 2.24) is 0 Å². The minimum absolute atomic E-state index is 0.0552. The smallest absolute Gasteiger partial charge is 0.200 e. The fourth-order valence-corrected chi connectivity index (χ4v) is 3.39. The molecule has 124 valence electrons. The summed E-state index contributed by atoms with van der Waals surface area (Å²) in [4.78, 5) is 0. The number of unbranched alkanes of at least 4 members (excludes halogenated alkanes) is 2. The first-order chi connectivity index (χ1) is 10.7. The van der Waals surface area contributed by atoms with Crippen LogP contribution in [0.5, 0.6) is 5.75 Å². The van der Waals surface area contributed by atoms with Gasteiger partial charge in [-0.25, -0.2) is 4.39 Å². The van der Waals surface area contributed by atoms with Crippen molar-refractivity contribution >= 4 is 0 Å². The van der Waals surface area contributed by atoms with Crippen molar-refractivity contribution < 1.29 is 13.5 Å². The summed E-state index contributed by atoms with van der Waals surface area (Å²) < 4.78 is 33.9. The molecule has 0 aliphatic heterocycles. The van der Waals surface area contributed by atoms with E-state index in [1.165, 1.54) is 6.42 Å². The molecule has 1 aliphatic carbocycles. The Labute approximate surface area is 133 Å². The highest BCUT2D eigenvalue weighted by Gasteiger charge is 2.25. The summed E-state index contributed by atoms with van der Waals surface area (Å²) >= 11 is 0. The van der Waals surface area contributed by atoms with E-state index in [9.17, 15) is 8.78 Å². The second kappa shape index (κ2) is 8.50. The standard InChI is InChI=1S/C19H28F2O/c1-3-5-6-13-22-17-12-11-16(18(20)19(17)21)15-9-7-14(4-2)8-10-15/h11-12,14-15H,3-10,13H2,1-2H3.